The molecule has 7 N–H and O–H groups in total. The van der Waals surface area contributed by atoms with Gasteiger partial charge in [0.2, 0.25) is 11.8 Å². The maximum atomic E-state index is 11.6. The highest BCUT2D eigenvalue weighted by molar-refractivity contribution is 5.88. The van der Waals surface area contributed by atoms with Crippen LogP contribution in [0.3, 0.4) is 0 Å². The van der Waals surface area contributed by atoms with E-state index in [0.29, 0.717) is 25.8 Å². The molecule has 2 atom stereocenters. The van der Waals surface area contributed by atoms with Gasteiger partial charge in [-0.3, -0.25) is 14.6 Å². The predicted octanol–water partition coefficient (Wildman–Crippen LogP) is -1.58. The Morgan fingerprint density at radius 1 is 1.35 bits per heavy atom. The van der Waals surface area contributed by atoms with E-state index >= 15 is 0 Å². The van der Waals surface area contributed by atoms with Crippen molar-refractivity contribution in [1.82, 2.24) is 5.32 Å². The molecule has 96 valence electrons. The molecule has 1 aliphatic rings. The van der Waals surface area contributed by atoms with Crippen LogP contribution in [0.5, 0.6) is 0 Å². The van der Waals surface area contributed by atoms with Gasteiger partial charge in [-0.2, -0.15) is 0 Å². The molecule has 1 aliphatic heterocycles. The average Bonchev–Trinajstić information content (AvgIpc) is 2.25. The summed E-state index contributed by atoms with van der Waals surface area (Å²) in [5.41, 5.74) is 15.5. The van der Waals surface area contributed by atoms with E-state index in [1.54, 1.807) is 0 Å². The molecule has 7 nitrogen and oxygen atoms in total. The number of primary amides is 1. The summed E-state index contributed by atoms with van der Waals surface area (Å²) in [4.78, 5) is 26.4. The SMILES string of the molecule is NC(=O)C1CC[C@@H](CCCN=C(N)N)C(=O)N1. The van der Waals surface area contributed by atoms with Crippen LogP contribution < -0.4 is 22.5 Å². The lowest BCUT2D eigenvalue weighted by Gasteiger charge is -2.27. The Morgan fingerprint density at radius 3 is 2.59 bits per heavy atom. The highest BCUT2D eigenvalue weighted by Crippen LogP contribution is 2.20. The summed E-state index contributed by atoms with van der Waals surface area (Å²) in [5.74, 6) is -0.589. The van der Waals surface area contributed by atoms with Gasteiger partial charge in [0.15, 0.2) is 5.96 Å². The van der Waals surface area contributed by atoms with Gasteiger partial charge in [-0.25, -0.2) is 0 Å². The molecular formula is C10H19N5O2. The molecule has 0 aromatic heterocycles. The summed E-state index contributed by atoms with van der Waals surface area (Å²) in [6.07, 6.45) is 2.75. The second kappa shape index (κ2) is 6.07. The van der Waals surface area contributed by atoms with Gasteiger partial charge in [0.05, 0.1) is 0 Å². The third kappa shape index (κ3) is 4.29. The smallest absolute Gasteiger partial charge is 0.240 e. The van der Waals surface area contributed by atoms with E-state index in [2.05, 4.69) is 10.3 Å². The number of nitrogens with one attached hydrogen (secondary N) is 1. The lowest BCUT2D eigenvalue weighted by molar-refractivity contribution is -0.132. The summed E-state index contributed by atoms with van der Waals surface area (Å²) in [6, 6.07) is -0.517. The number of piperidine rings is 1. The minimum absolute atomic E-state index is 0.0619. The van der Waals surface area contributed by atoms with Crippen molar-refractivity contribution in [1.29, 1.82) is 0 Å². The predicted molar refractivity (Wildman–Crippen MR) is 63.8 cm³/mol. The number of nitrogens with two attached hydrogens (primary N) is 3. The van der Waals surface area contributed by atoms with Gasteiger partial charge in [-0.05, 0) is 25.7 Å². The summed E-state index contributed by atoms with van der Waals surface area (Å²) < 4.78 is 0. The highest BCUT2D eigenvalue weighted by Gasteiger charge is 2.29. The van der Waals surface area contributed by atoms with Crippen molar-refractivity contribution in [3.05, 3.63) is 0 Å². The number of guanidine groups is 1. The Morgan fingerprint density at radius 2 is 2.06 bits per heavy atom. The standard InChI is InChI=1S/C10H19N5O2/c11-8(16)7-4-3-6(9(17)15-7)2-1-5-14-10(12)13/h6-7H,1-5H2,(H2,11,16)(H,15,17)(H4,12,13,14)/t6-,7?/m1/s1. The Hall–Kier alpha value is -1.79. The highest BCUT2D eigenvalue weighted by atomic mass is 16.2. The minimum Gasteiger partial charge on any atom is -0.370 e. The van der Waals surface area contributed by atoms with Gasteiger partial charge in [0.25, 0.3) is 0 Å². The molecule has 2 amide bonds. The number of carbonyl (C=O) groups is 2. The number of hydrogen-bond donors (Lipinski definition) is 4. The molecule has 1 heterocycles. The van der Waals surface area contributed by atoms with E-state index in [-0.39, 0.29) is 17.8 Å². The first kappa shape index (κ1) is 13.3. The van der Waals surface area contributed by atoms with Gasteiger partial charge < -0.3 is 22.5 Å². The average molecular weight is 241 g/mol. The summed E-state index contributed by atoms with van der Waals surface area (Å²) in [5, 5.41) is 2.62. The topological polar surface area (TPSA) is 137 Å². The lowest BCUT2D eigenvalue weighted by Crippen LogP contribution is -2.50. The Bertz CT molecular complexity index is 325. The Kier molecular flexibility index (Phi) is 4.74. The molecule has 0 aromatic carbocycles. The van der Waals surface area contributed by atoms with E-state index in [9.17, 15) is 9.59 Å². The van der Waals surface area contributed by atoms with E-state index in [1.165, 1.54) is 0 Å². The van der Waals surface area contributed by atoms with Crippen LogP contribution in [-0.2, 0) is 9.59 Å². The van der Waals surface area contributed by atoms with Crippen LogP contribution in [0.4, 0.5) is 0 Å². The fraction of sp³-hybridized carbons (Fsp3) is 0.700. The second-order valence-corrected chi connectivity index (χ2v) is 4.19. The van der Waals surface area contributed by atoms with Gasteiger partial charge in [0.1, 0.15) is 6.04 Å². The van der Waals surface area contributed by atoms with E-state index in [1.807, 2.05) is 0 Å². The molecular weight excluding hydrogens is 222 g/mol. The second-order valence-electron chi connectivity index (χ2n) is 4.19. The van der Waals surface area contributed by atoms with Crippen LogP contribution in [0.2, 0.25) is 0 Å². The zero-order valence-electron chi connectivity index (χ0n) is 9.69. The van der Waals surface area contributed by atoms with Crippen LogP contribution in [0, 0.1) is 5.92 Å². The number of nitrogens with zero attached hydrogens (tertiary/aromatic N) is 1. The first-order valence-electron chi connectivity index (χ1n) is 5.65. The van der Waals surface area contributed by atoms with Gasteiger partial charge >= 0.3 is 0 Å². The van der Waals surface area contributed by atoms with E-state index < -0.39 is 11.9 Å². The van der Waals surface area contributed by atoms with Crippen LogP contribution in [-0.4, -0.2) is 30.4 Å². The van der Waals surface area contributed by atoms with Crippen LogP contribution >= 0.6 is 0 Å². The molecule has 0 spiro atoms. The maximum Gasteiger partial charge on any atom is 0.240 e. The van der Waals surface area contributed by atoms with E-state index in [0.717, 1.165) is 6.42 Å². The monoisotopic (exact) mass is 241 g/mol. The minimum atomic E-state index is -0.517. The summed E-state index contributed by atoms with van der Waals surface area (Å²) in [6.45, 7) is 0.519. The number of hydrogen-bond acceptors (Lipinski definition) is 3. The zero-order valence-corrected chi connectivity index (χ0v) is 9.69. The third-order valence-electron chi connectivity index (χ3n) is 2.84. The quantitative estimate of drug-likeness (QED) is 0.262. The van der Waals surface area contributed by atoms with Crippen molar-refractivity contribution in [2.45, 2.75) is 31.7 Å². The first-order valence-corrected chi connectivity index (χ1v) is 5.65. The van der Waals surface area contributed by atoms with Crippen molar-refractivity contribution in [2.75, 3.05) is 6.54 Å². The molecule has 1 saturated heterocycles. The number of rotatable bonds is 5. The molecule has 1 rings (SSSR count). The number of carbonyl (C=O) groups excluding carboxylic acids is 2. The van der Waals surface area contributed by atoms with Crippen molar-refractivity contribution in [2.24, 2.45) is 28.1 Å². The fourth-order valence-electron chi connectivity index (χ4n) is 1.90. The summed E-state index contributed by atoms with van der Waals surface area (Å²) in [7, 11) is 0. The van der Waals surface area contributed by atoms with Gasteiger partial charge in [-0.15, -0.1) is 0 Å². The largest absolute Gasteiger partial charge is 0.370 e. The van der Waals surface area contributed by atoms with Crippen LogP contribution in [0.25, 0.3) is 0 Å². The molecule has 0 bridgehead atoms. The van der Waals surface area contributed by atoms with Crippen molar-refractivity contribution in [3.63, 3.8) is 0 Å². The molecule has 7 heteroatoms. The molecule has 17 heavy (non-hydrogen) atoms. The van der Waals surface area contributed by atoms with Crippen molar-refractivity contribution >= 4 is 17.8 Å². The summed E-state index contributed by atoms with van der Waals surface area (Å²) >= 11 is 0. The van der Waals surface area contributed by atoms with Crippen LogP contribution in [0.15, 0.2) is 4.99 Å². The van der Waals surface area contributed by atoms with Gasteiger partial charge in [-0.1, -0.05) is 0 Å². The van der Waals surface area contributed by atoms with Gasteiger partial charge in [0, 0.05) is 12.5 Å². The zero-order chi connectivity index (χ0) is 12.8. The fourth-order valence-corrected chi connectivity index (χ4v) is 1.90. The molecule has 1 unspecified atom stereocenters. The first-order chi connectivity index (χ1) is 8.00. The van der Waals surface area contributed by atoms with Crippen LogP contribution in [0.1, 0.15) is 25.7 Å². The van der Waals surface area contributed by atoms with Crippen molar-refractivity contribution in [3.8, 4) is 0 Å². The molecule has 0 radical (unpaired) electrons. The normalized spacial score (nSPS) is 23.9. The maximum absolute atomic E-state index is 11.6. The number of amides is 2. The van der Waals surface area contributed by atoms with Crippen molar-refractivity contribution < 1.29 is 9.59 Å². The molecule has 0 aromatic rings. The Labute approximate surface area is 99.8 Å². The molecule has 0 saturated carbocycles. The Balaban J connectivity index is 2.30. The lowest BCUT2D eigenvalue weighted by atomic mass is 9.90. The van der Waals surface area contributed by atoms with E-state index in [4.69, 9.17) is 17.2 Å². The molecule has 1 fully saturated rings. The third-order valence-corrected chi connectivity index (χ3v) is 2.84. The molecule has 0 aliphatic carbocycles. The number of aliphatic imine (C=N–C) groups is 1.